The van der Waals surface area contributed by atoms with Gasteiger partial charge in [0.15, 0.2) is 0 Å². The second-order valence-corrected chi connectivity index (χ2v) is 15.0. The smallest absolute Gasteiger partial charge is 0.249 e. The first kappa shape index (κ1) is 39.7. The number of carbonyl (C=O) groups excluding carboxylic acids is 4. The van der Waals surface area contributed by atoms with Gasteiger partial charge in [-0.05, 0) is 77.2 Å². The number of carbonyl (C=O) groups is 4. The van der Waals surface area contributed by atoms with Crippen molar-refractivity contribution in [2.75, 3.05) is 39.9 Å². The molecule has 2 N–H and O–H groups in total. The van der Waals surface area contributed by atoms with Crippen LogP contribution in [-0.4, -0.2) is 108 Å². The fourth-order valence-corrected chi connectivity index (χ4v) is 6.53. The molecule has 2 fully saturated rings. The third-order valence-electron chi connectivity index (χ3n) is 9.37. The summed E-state index contributed by atoms with van der Waals surface area (Å²) in [5, 5.41) is 6.12. The van der Waals surface area contributed by atoms with Crippen molar-refractivity contribution in [3.8, 4) is 0 Å². The average molecular weight is 648 g/mol. The van der Waals surface area contributed by atoms with Gasteiger partial charge in [-0.1, -0.05) is 60.5 Å². The predicted octanol–water partition coefficient (Wildman–Crippen LogP) is 4.52. The number of rotatable bonds is 16. The molecule has 2 aliphatic rings. The normalized spacial score (nSPS) is 21.0. The van der Waals surface area contributed by atoms with Crippen molar-refractivity contribution in [2.24, 2.45) is 11.3 Å². The highest BCUT2D eigenvalue weighted by molar-refractivity contribution is 5.97. The summed E-state index contributed by atoms with van der Waals surface area (Å²) in [5.74, 6) is -0.572. The van der Waals surface area contributed by atoms with Crippen LogP contribution in [0.25, 0.3) is 0 Å². The minimum atomic E-state index is -0.727. The number of ether oxygens (including phenoxy) is 1. The van der Waals surface area contributed by atoms with Crippen LogP contribution in [0.2, 0.25) is 0 Å². The summed E-state index contributed by atoms with van der Waals surface area (Å²) in [7, 11) is 1.76. The van der Waals surface area contributed by atoms with Crippen LogP contribution in [0.4, 0.5) is 0 Å². The van der Waals surface area contributed by atoms with Crippen molar-refractivity contribution < 1.29 is 23.9 Å². The van der Waals surface area contributed by atoms with Gasteiger partial charge in [0.05, 0.1) is 12.1 Å². The highest BCUT2D eigenvalue weighted by Crippen LogP contribution is 2.27. The van der Waals surface area contributed by atoms with E-state index in [0.29, 0.717) is 31.7 Å². The Labute approximate surface area is 279 Å². The van der Waals surface area contributed by atoms with Crippen molar-refractivity contribution in [1.82, 2.24) is 25.3 Å². The lowest BCUT2D eigenvalue weighted by molar-refractivity contribution is -0.142. The fraction of sp³-hybridized carbons (Fsp3) is 0.833. The molecule has 264 valence electrons. The van der Waals surface area contributed by atoms with Crippen LogP contribution < -0.4 is 10.6 Å². The monoisotopic (exact) mass is 647 g/mol. The summed E-state index contributed by atoms with van der Waals surface area (Å²) < 4.78 is 5.58. The van der Waals surface area contributed by atoms with Gasteiger partial charge in [-0.3, -0.25) is 24.1 Å². The summed E-state index contributed by atoms with van der Waals surface area (Å²) in [6, 6.07) is -1.60. The standard InChI is InChI=1S/C36H65N5O5/c1-11-12-22-46-23-16-19-37-32(42)28-18-15-21-41(28)34(44)27(6)24-30(25(2)3)39(10)35(45)31(36(7,8)9)38-33(43)29-17-13-14-20-40(29)26(4)5/h24-26,28-31H,11-23H2,1-10H3,(H,37,42)(H,38,43)/t28-,29?,30+,31+/m0/s1. The molecule has 10 heteroatoms. The molecule has 4 atom stereocenters. The topological polar surface area (TPSA) is 111 Å². The molecule has 0 radical (unpaired) electrons. The van der Waals surface area contributed by atoms with Gasteiger partial charge in [-0.25, -0.2) is 0 Å². The molecule has 2 rings (SSSR count). The van der Waals surface area contributed by atoms with Gasteiger partial charge in [0.2, 0.25) is 23.6 Å². The Hall–Kier alpha value is -2.46. The van der Waals surface area contributed by atoms with Gasteiger partial charge in [0.1, 0.15) is 12.1 Å². The Kier molecular flexibility index (Phi) is 16.2. The van der Waals surface area contributed by atoms with Crippen LogP contribution in [0.15, 0.2) is 11.6 Å². The van der Waals surface area contributed by atoms with E-state index in [1.165, 1.54) is 0 Å². The van der Waals surface area contributed by atoms with Crippen LogP contribution in [0, 0.1) is 11.3 Å². The van der Waals surface area contributed by atoms with Crippen molar-refractivity contribution >= 4 is 23.6 Å². The van der Waals surface area contributed by atoms with E-state index in [0.717, 1.165) is 58.1 Å². The first-order chi connectivity index (χ1) is 21.6. The molecule has 2 aliphatic heterocycles. The van der Waals surface area contributed by atoms with Gasteiger partial charge >= 0.3 is 0 Å². The van der Waals surface area contributed by atoms with E-state index < -0.39 is 17.5 Å². The highest BCUT2D eigenvalue weighted by Gasteiger charge is 2.40. The van der Waals surface area contributed by atoms with Crippen LogP contribution in [0.3, 0.4) is 0 Å². The Bertz CT molecular complexity index is 1040. The molecule has 0 saturated carbocycles. The largest absolute Gasteiger partial charge is 0.381 e. The van der Waals surface area contributed by atoms with Gasteiger partial charge in [-0.2, -0.15) is 0 Å². The number of amides is 4. The second-order valence-electron chi connectivity index (χ2n) is 15.0. The maximum atomic E-state index is 14.1. The maximum Gasteiger partial charge on any atom is 0.249 e. The lowest BCUT2D eigenvalue weighted by atomic mass is 9.84. The lowest BCUT2D eigenvalue weighted by Gasteiger charge is -2.41. The van der Waals surface area contributed by atoms with E-state index in [1.54, 1.807) is 23.8 Å². The SMILES string of the molecule is CCCCOCCCNC(=O)[C@@H]1CCCN1C(=O)C(C)=C[C@H](C(C)C)N(C)C(=O)[C@@H](NC(=O)C1CCCCN1C(C)C)C(C)(C)C. The van der Waals surface area contributed by atoms with Gasteiger partial charge < -0.3 is 25.2 Å². The van der Waals surface area contributed by atoms with Crippen molar-refractivity contribution in [1.29, 1.82) is 0 Å². The third kappa shape index (κ3) is 11.4. The van der Waals surface area contributed by atoms with E-state index in [4.69, 9.17) is 4.74 Å². The summed E-state index contributed by atoms with van der Waals surface area (Å²) in [6.07, 6.45) is 8.97. The van der Waals surface area contributed by atoms with Gasteiger partial charge in [0.25, 0.3) is 0 Å². The Balaban J connectivity index is 2.13. The van der Waals surface area contributed by atoms with Crippen molar-refractivity contribution in [3.63, 3.8) is 0 Å². The molecule has 0 spiro atoms. The number of piperidine rings is 1. The zero-order valence-corrected chi connectivity index (χ0v) is 30.6. The first-order valence-corrected chi connectivity index (χ1v) is 17.8. The van der Waals surface area contributed by atoms with Gasteiger partial charge in [-0.15, -0.1) is 0 Å². The van der Waals surface area contributed by atoms with E-state index in [1.807, 2.05) is 40.7 Å². The second kappa shape index (κ2) is 18.8. The highest BCUT2D eigenvalue weighted by atomic mass is 16.5. The third-order valence-corrected chi connectivity index (χ3v) is 9.37. The van der Waals surface area contributed by atoms with E-state index in [2.05, 4.69) is 36.3 Å². The number of hydrogen-bond acceptors (Lipinski definition) is 6. The van der Waals surface area contributed by atoms with Gasteiger partial charge in [0, 0.05) is 45.0 Å². The number of nitrogens with zero attached hydrogens (tertiary/aromatic N) is 3. The summed E-state index contributed by atoms with van der Waals surface area (Å²) in [5.41, 5.74) is -0.0138. The van der Waals surface area contributed by atoms with Crippen LogP contribution in [0.1, 0.15) is 114 Å². The molecule has 2 saturated heterocycles. The zero-order chi connectivity index (χ0) is 34.6. The molecule has 0 aromatic carbocycles. The predicted molar refractivity (Wildman–Crippen MR) is 184 cm³/mol. The minimum absolute atomic E-state index is 0.0139. The minimum Gasteiger partial charge on any atom is -0.381 e. The molecule has 46 heavy (non-hydrogen) atoms. The molecule has 0 aromatic rings. The van der Waals surface area contributed by atoms with Crippen LogP contribution >= 0.6 is 0 Å². The quantitative estimate of drug-likeness (QED) is 0.188. The van der Waals surface area contributed by atoms with Crippen molar-refractivity contribution in [2.45, 2.75) is 144 Å². The first-order valence-electron chi connectivity index (χ1n) is 17.8. The molecule has 0 bridgehead atoms. The molecular formula is C36H65N5O5. The zero-order valence-electron chi connectivity index (χ0n) is 30.6. The Morgan fingerprint density at radius 2 is 1.59 bits per heavy atom. The summed E-state index contributed by atoms with van der Waals surface area (Å²) in [4.78, 5) is 60.0. The van der Waals surface area contributed by atoms with Crippen molar-refractivity contribution in [3.05, 3.63) is 11.6 Å². The van der Waals surface area contributed by atoms with Crippen LogP contribution in [0.5, 0.6) is 0 Å². The molecule has 10 nitrogen and oxygen atoms in total. The Morgan fingerprint density at radius 3 is 2.20 bits per heavy atom. The molecule has 0 aromatic heterocycles. The summed E-state index contributed by atoms with van der Waals surface area (Å²) in [6.45, 7) is 21.3. The molecule has 0 aliphatic carbocycles. The summed E-state index contributed by atoms with van der Waals surface area (Å²) >= 11 is 0. The number of unbranched alkanes of at least 4 members (excludes halogenated alkanes) is 1. The fourth-order valence-electron chi connectivity index (χ4n) is 6.53. The number of likely N-dealkylation sites (tertiary alicyclic amines) is 2. The Morgan fingerprint density at radius 1 is 0.935 bits per heavy atom. The van der Waals surface area contributed by atoms with E-state index >= 15 is 0 Å². The van der Waals surface area contributed by atoms with Crippen LogP contribution in [-0.2, 0) is 23.9 Å². The average Bonchev–Trinajstić information content (AvgIpc) is 3.50. The van der Waals surface area contributed by atoms with E-state index in [9.17, 15) is 19.2 Å². The van der Waals surface area contributed by atoms with E-state index in [-0.39, 0.29) is 47.7 Å². The molecule has 2 heterocycles. The maximum absolute atomic E-state index is 14.1. The number of hydrogen-bond donors (Lipinski definition) is 2. The molecular weight excluding hydrogens is 582 g/mol. The number of likely N-dealkylation sites (N-methyl/N-ethyl adjacent to an activating group) is 1. The molecule has 4 amide bonds. The lowest BCUT2D eigenvalue weighted by Crippen LogP contribution is -2.60. The number of nitrogens with one attached hydrogen (secondary N) is 2. The molecule has 1 unspecified atom stereocenters.